The molecule has 1 aliphatic carbocycles. The van der Waals surface area contributed by atoms with E-state index in [1.165, 1.54) is 44.8 Å². The molecule has 0 atom stereocenters. The lowest BCUT2D eigenvalue weighted by Crippen LogP contribution is -2.33. The highest BCUT2D eigenvalue weighted by Crippen LogP contribution is 2.43. The number of hydrogen-bond donors (Lipinski definition) is 0. The van der Waals surface area contributed by atoms with Crippen LogP contribution in [-0.2, 0) is 14.3 Å². The van der Waals surface area contributed by atoms with Gasteiger partial charge in [-0.05, 0) is 74.2 Å². The van der Waals surface area contributed by atoms with Crippen LogP contribution in [0.3, 0.4) is 0 Å². The minimum absolute atomic E-state index is 0.0605. The van der Waals surface area contributed by atoms with E-state index in [0.29, 0.717) is 6.42 Å². The molecule has 2 fully saturated rings. The summed E-state index contributed by atoms with van der Waals surface area (Å²) in [5.74, 6) is 1.50. The zero-order chi connectivity index (χ0) is 17.5. The van der Waals surface area contributed by atoms with Gasteiger partial charge in [0.05, 0.1) is 13.5 Å². The fraction of sp³-hybridized carbons (Fsp3) is 0.682. The molecule has 1 heterocycles. The van der Waals surface area contributed by atoms with E-state index in [1.807, 2.05) is 0 Å². The Kier molecular flexibility index (Phi) is 6.52. The molecular formula is C22H32O3. The molecule has 25 heavy (non-hydrogen) atoms. The predicted molar refractivity (Wildman–Crippen MR) is 99.5 cm³/mol. The first kappa shape index (κ1) is 18.4. The van der Waals surface area contributed by atoms with Crippen molar-refractivity contribution in [2.45, 2.75) is 63.7 Å². The number of methoxy groups -OCH3 is 1. The van der Waals surface area contributed by atoms with Gasteiger partial charge in [0.25, 0.3) is 0 Å². The summed E-state index contributed by atoms with van der Waals surface area (Å²) in [5, 5.41) is 0. The maximum atomic E-state index is 11.9. The third-order valence-corrected chi connectivity index (χ3v) is 6.50. The van der Waals surface area contributed by atoms with Crippen molar-refractivity contribution in [3.63, 3.8) is 0 Å². The molecule has 1 aliphatic heterocycles. The van der Waals surface area contributed by atoms with Crippen molar-refractivity contribution in [1.29, 1.82) is 0 Å². The number of esters is 1. The SMILES string of the molecule is COC(=O)CC1(CCC2CCC(c3ccccc3)CC2)CCOCC1. The average molecular weight is 344 g/mol. The van der Waals surface area contributed by atoms with Gasteiger partial charge in [-0.1, -0.05) is 30.3 Å². The molecule has 1 saturated heterocycles. The molecule has 1 saturated carbocycles. The Hall–Kier alpha value is -1.35. The minimum atomic E-state index is -0.0605. The van der Waals surface area contributed by atoms with Crippen molar-refractivity contribution in [1.82, 2.24) is 0 Å². The second-order valence-corrected chi connectivity index (χ2v) is 8.03. The Labute approximate surface area is 152 Å². The summed E-state index contributed by atoms with van der Waals surface area (Å²) >= 11 is 0. The Balaban J connectivity index is 1.49. The topological polar surface area (TPSA) is 35.5 Å². The van der Waals surface area contributed by atoms with Crippen LogP contribution < -0.4 is 0 Å². The van der Waals surface area contributed by atoms with Crippen molar-refractivity contribution in [3.8, 4) is 0 Å². The number of benzene rings is 1. The monoisotopic (exact) mass is 344 g/mol. The number of rotatable bonds is 6. The third kappa shape index (κ3) is 5.07. The van der Waals surface area contributed by atoms with E-state index in [9.17, 15) is 4.79 Å². The van der Waals surface area contributed by atoms with Crippen LogP contribution in [0.4, 0.5) is 0 Å². The second-order valence-electron chi connectivity index (χ2n) is 8.03. The van der Waals surface area contributed by atoms with E-state index in [4.69, 9.17) is 9.47 Å². The van der Waals surface area contributed by atoms with Crippen LogP contribution in [-0.4, -0.2) is 26.3 Å². The number of carbonyl (C=O) groups excluding carboxylic acids is 1. The van der Waals surface area contributed by atoms with Crippen LogP contribution in [0, 0.1) is 11.3 Å². The first-order chi connectivity index (χ1) is 12.2. The van der Waals surface area contributed by atoms with Crippen LogP contribution in [0.5, 0.6) is 0 Å². The quantitative estimate of drug-likeness (QED) is 0.674. The second kappa shape index (κ2) is 8.84. The van der Waals surface area contributed by atoms with Crippen molar-refractivity contribution in [3.05, 3.63) is 35.9 Å². The van der Waals surface area contributed by atoms with E-state index >= 15 is 0 Å². The molecular weight excluding hydrogens is 312 g/mol. The smallest absolute Gasteiger partial charge is 0.306 e. The van der Waals surface area contributed by atoms with Crippen LogP contribution in [0.1, 0.15) is 69.3 Å². The van der Waals surface area contributed by atoms with Crippen LogP contribution in [0.2, 0.25) is 0 Å². The number of hydrogen-bond acceptors (Lipinski definition) is 3. The molecule has 3 heteroatoms. The first-order valence-electron chi connectivity index (χ1n) is 9.90. The van der Waals surface area contributed by atoms with Gasteiger partial charge in [0.1, 0.15) is 0 Å². The number of ether oxygens (including phenoxy) is 2. The van der Waals surface area contributed by atoms with E-state index < -0.39 is 0 Å². The highest BCUT2D eigenvalue weighted by Gasteiger charge is 2.36. The van der Waals surface area contributed by atoms with E-state index in [-0.39, 0.29) is 11.4 Å². The summed E-state index contributed by atoms with van der Waals surface area (Å²) in [6.07, 6.45) is 10.2. The molecule has 2 aliphatic rings. The molecule has 0 amide bonds. The van der Waals surface area contributed by atoms with E-state index in [0.717, 1.165) is 44.3 Å². The van der Waals surface area contributed by atoms with Crippen molar-refractivity contribution >= 4 is 5.97 Å². The molecule has 0 unspecified atom stereocenters. The molecule has 0 aromatic heterocycles. The van der Waals surface area contributed by atoms with E-state index in [1.54, 1.807) is 0 Å². The molecule has 138 valence electrons. The van der Waals surface area contributed by atoms with Crippen LogP contribution in [0.25, 0.3) is 0 Å². The van der Waals surface area contributed by atoms with Gasteiger partial charge >= 0.3 is 5.97 Å². The lowest BCUT2D eigenvalue weighted by molar-refractivity contribution is -0.145. The lowest BCUT2D eigenvalue weighted by atomic mass is 9.70. The zero-order valence-corrected chi connectivity index (χ0v) is 15.5. The highest BCUT2D eigenvalue weighted by molar-refractivity contribution is 5.70. The van der Waals surface area contributed by atoms with Crippen molar-refractivity contribution < 1.29 is 14.3 Å². The van der Waals surface area contributed by atoms with Gasteiger partial charge < -0.3 is 9.47 Å². The highest BCUT2D eigenvalue weighted by atomic mass is 16.5. The molecule has 3 nitrogen and oxygen atoms in total. The van der Waals surface area contributed by atoms with Gasteiger partial charge in [-0.15, -0.1) is 0 Å². The molecule has 3 rings (SSSR count). The van der Waals surface area contributed by atoms with Crippen molar-refractivity contribution in [2.75, 3.05) is 20.3 Å². The predicted octanol–water partition coefficient (Wildman–Crippen LogP) is 5.10. The molecule has 1 aromatic carbocycles. The molecule has 0 N–H and O–H groups in total. The summed E-state index contributed by atoms with van der Waals surface area (Å²) in [7, 11) is 1.50. The van der Waals surface area contributed by atoms with Gasteiger partial charge in [0.15, 0.2) is 0 Å². The Morgan fingerprint density at radius 2 is 1.80 bits per heavy atom. The maximum Gasteiger partial charge on any atom is 0.306 e. The zero-order valence-electron chi connectivity index (χ0n) is 15.5. The van der Waals surface area contributed by atoms with Gasteiger partial charge in [-0.2, -0.15) is 0 Å². The normalized spacial score (nSPS) is 26.1. The van der Waals surface area contributed by atoms with Gasteiger partial charge in [0.2, 0.25) is 0 Å². The summed E-state index contributed by atoms with van der Waals surface area (Å²) in [4.78, 5) is 11.9. The summed E-state index contributed by atoms with van der Waals surface area (Å²) < 4.78 is 10.5. The average Bonchev–Trinajstić information content (AvgIpc) is 2.68. The summed E-state index contributed by atoms with van der Waals surface area (Å²) in [5.41, 5.74) is 1.62. The molecule has 0 radical (unpaired) electrons. The fourth-order valence-electron chi connectivity index (χ4n) is 4.72. The largest absolute Gasteiger partial charge is 0.469 e. The van der Waals surface area contributed by atoms with Crippen molar-refractivity contribution in [2.24, 2.45) is 11.3 Å². The van der Waals surface area contributed by atoms with Gasteiger partial charge in [-0.25, -0.2) is 0 Å². The van der Waals surface area contributed by atoms with Crippen LogP contribution in [0.15, 0.2) is 30.3 Å². The van der Waals surface area contributed by atoms with Gasteiger partial charge in [-0.3, -0.25) is 4.79 Å². The molecule has 0 bridgehead atoms. The van der Waals surface area contributed by atoms with Gasteiger partial charge in [0, 0.05) is 13.2 Å². The Bertz CT molecular complexity index is 525. The Morgan fingerprint density at radius 1 is 1.12 bits per heavy atom. The summed E-state index contributed by atoms with van der Waals surface area (Å²) in [6, 6.07) is 11.0. The lowest BCUT2D eigenvalue weighted by Gasteiger charge is -2.38. The minimum Gasteiger partial charge on any atom is -0.469 e. The Morgan fingerprint density at radius 3 is 2.44 bits per heavy atom. The standard InChI is InChI=1S/C22H32O3/c1-24-21(23)17-22(13-15-25-16-14-22)12-11-18-7-9-20(10-8-18)19-5-3-2-4-6-19/h2-6,18,20H,7-17H2,1H3. The number of carbonyl (C=O) groups is 1. The molecule has 0 spiro atoms. The maximum absolute atomic E-state index is 11.9. The van der Waals surface area contributed by atoms with Crippen LogP contribution >= 0.6 is 0 Å². The third-order valence-electron chi connectivity index (χ3n) is 6.50. The van der Waals surface area contributed by atoms with E-state index in [2.05, 4.69) is 30.3 Å². The molecule has 1 aromatic rings. The fourth-order valence-corrected chi connectivity index (χ4v) is 4.72. The summed E-state index contributed by atoms with van der Waals surface area (Å²) in [6.45, 7) is 1.58. The first-order valence-corrected chi connectivity index (χ1v) is 9.90.